The van der Waals surface area contributed by atoms with E-state index in [9.17, 15) is 0 Å². The first-order chi connectivity index (χ1) is 8.33. The van der Waals surface area contributed by atoms with Crippen molar-refractivity contribution in [3.63, 3.8) is 0 Å². The zero-order chi connectivity index (χ0) is 12.1. The average molecular weight is 238 g/mol. The largest absolute Gasteiger partial charge is 0.338 e. The number of rotatable bonds is 5. The van der Waals surface area contributed by atoms with Crippen LogP contribution in [-0.2, 0) is 13.1 Å². The fourth-order valence-corrected chi connectivity index (χ4v) is 2.55. The number of likely N-dealkylation sites (tertiary alicyclic amines) is 1. The van der Waals surface area contributed by atoms with Gasteiger partial charge in [-0.1, -0.05) is 24.9 Å². The van der Waals surface area contributed by atoms with Gasteiger partial charge in [0.05, 0.1) is 13.1 Å². The van der Waals surface area contributed by atoms with E-state index < -0.39 is 0 Å². The van der Waals surface area contributed by atoms with Gasteiger partial charge >= 0.3 is 0 Å². The maximum Gasteiger partial charge on any atom is 0.240 e. The van der Waals surface area contributed by atoms with E-state index in [-0.39, 0.29) is 0 Å². The van der Waals surface area contributed by atoms with E-state index >= 15 is 0 Å². The van der Waals surface area contributed by atoms with Gasteiger partial charge in [0.25, 0.3) is 0 Å². The summed E-state index contributed by atoms with van der Waals surface area (Å²) in [6, 6.07) is 0.688. The van der Waals surface area contributed by atoms with Gasteiger partial charge in [0.15, 0.2) is 5.82 Å². The van der Waals surface area contributed by atoms with E-state index in [4.69, 9.17) is 10.3 Å². The van der Waals surface area contributed by atoms with Crippen molar-refractivity contribution in [2.75, 3.05) is 6.54 Å². The first-order valence-electron chi connectivity index (χ1n) is 6.59. The van der Waals surface area contributed by atoms with E-state index in [0.717, 1.165) is 18.9 Å². The molecule has 0 spiro atoms. The number of hydrogen-bond donors (Lipinski definition) is 1. The van der Waals surface area contributed by atoms with Crippen LogP contribution < -0.4 is 5.73 Å². The molecule has 2 rings (SSSR count). The Labute approximate surface area is 102 Å². The molecule has 0 saturated carbocycles. The van der Waals surface area contributed by atoms with E-state index in [1.807, 2.05) is 0 Å². The van der Waals surface area contributed by atoms with Crippen molar-refractivity contribution in [1.29, 1.82) is 0 Å². The fourth-order valence-electron chi connectivity index (χ4n) is 2.55. The molecule has 2 N–H and O–H groups in total. The molecule has 0 aliphatic carbocycles. The smallest absolute Gasteiger partial charge is 0.240 e. The Bertz CT molecular complexity index is 337. The van der Waals surface area contributed by atoms with E-state index in [1.54, 1.807) is 0 Å². The van der Waals surface area contributed by atoms with Crippen LogP contribution in [0.1, 0.15) is 50.7 Å². The van der Waals surface area contributed by atoms with Gasteiger partial charge in [0.1, 0.15) is 0 Å². The molecular formula is C12H22N4O. The average Bonchev–Trinajstić information content (AvgIpc) is 2.80. The highest BCUT2D eigenvalue weighted by molar-refractivity contribution is 4.88. The van der Waals surface area contributed by atoms with Crippen LogP contribution in [0.5, 0.6) is 0 Å². The number of hydrogen-bond acceptors (Lipinski definition) is 5. The lowest BCUT2D eigenvalue weighted by atomic mass is 9.98. The van der Waals surface area contributed by atoms with Crippen molar-refractivity contribution in [3.05, 3.63) is 11.7 Å². The lowest BCUT2D eigenvalue weighted by molar-refractivity contribution is 0.127. The Hall–Kier alpha value is -0.940. The summed E-state index contributed by atoms with van der Waals surface area (Å²) in [7, 11) is 0. The molecular weight excluding hydrogens is 216 g/mol. The van der Waals surface area contributed by atoms with Crippen molar-refractivity contribution < 1.29 is 4.52 Å². The van der Waals surface area contributed by atoms with Crippen molar-refractivity contribution in [1.82, 2.24) is 15.0 Å². The molecule has 1 aromatic rings. The molecule has 1 aromatic heterocycles. The van der Waals surface area contributed by atoms with Gasteiger partial charge < -0.3 is 10.3 Å². The lowest BCUT2D eigenvalue weighted by Crippen LogP contribution is -2.39. The molecule has 1 saturated heterocycles. The summed E-state index contributed by atoms with van der Waals surface area (Å²) in [5.74, 6) is 1.30. The monoisotopic (exact) mass is 238 g/mol. The summed E-state index contributed by atoms with van der Waals surface area (Å²) in [4.78, 5) is 6.76. The quantitative estimate of drug-likeness (QED) is 0.845. The number of nitrogens with zero attached hydrogens (tertiary/aromatic N) is 3. The van der Waals surface area contributed by atoms with Crippen LogP contribution in [0.25, 0.3) is 0 Å². The van der Waals surface area contributed by atoms with Crippen LogP contribution in [0, 0.1) is 0 Å². The maximum absolute atomic E-state index is 5.46. The minimum absolute atomic E-state index is 0.325. The first kappa shape index (κ1) is 12.5. The molecule has 2 heterocycles. The molecule has 0 radical (unpaired) electrons. The lowest BCUT2D eigenvalue weighted by Gasteiger charge is -2.34. The minimum Gasteiger partial charge on any atom is -0.338 e. The van der Waals surface area contributed by atoms with Crippen LogP contribution in [-0.4, -0.2) is 27.6 Å². The van der Waals surface area contributed by atoms with Crippen LogP contribution in [0.15, 0.2) is 4.52 Å². The summed E-state index contributed by atoms with van der Waals surface area (Å²) < 4.78 is 5.04. The van der Waals surface area contributed by atoms with Gasteiger partial charge in [-0.15, -0.1) is 0 Å². The Morgan fingerprint density at radius 3 is 3.06 bits per heavy atom. The highest BCUT2D eigenvalue weighted by Gasteiger charge is 2.23. The molecule has 1 fully saturated rings. The molecule has 0 amide bonds. The Kier molecular flexibility index (Phi) is 4.50. The van der Waals surface area contributed by atoms with Crippen LogP contribution >= 0.6 is 0 Å². The zero-order valence-corrected chi connectivity index (χ0v) is 10.6. The molecule has 5 nitrogen and oxygen atoms in total. The topological polar surface area (TPSA) is 68.2 Å². The first-order valence-corrected chi connectivity index (χ1v) is 6.59. The molecule has 0 aromatic carbocycles. The Balaban J connectivity index is 1.95. The summed E-state index contributed by atoms with van der Waals surface area (Å²) in [5, 5.41) is 3.97. The molecule has 1 atom stereocenters. The molecule has 1 aliphatic rings. The van der Waals surface area contributed by atoms with Gasteiger partial charge in [-0.05, 0) is 25.8 Å². The summed E-state index contributed by atoms with van der Waals surface area (Å²) in [6.07, 6.45) is 6.43. The van der Waals surface area contributed by atoms with Crippen LogP contribution in [0.3, 0.4) is 0 Å². The van der Waals surface area contributed by atoms with Crippen molar-refractivity contribution in [3.8, 4) is 0 Å². The summed E-state index contributed by atoms with van der Waals surface area (Å²) in [5.41, 5.74) is 5.46. The predicted molar refractivity (Wildman–Crippen MR) is 65.1 cm³/mol. The Morgan fingerprint density at radius 1 is 1.47 bits per heavy atom. The van der Waals surface area contributed by atoms with Gasteiger partial charge in [0, 0.05) is 6.04 Å². The summed E-state index contributed by atoms with van der Waals surface area (Å²) >= 11 is 0. The van der Waals surface area contributed by atoms with Gasteiger partial charge in [0.2, 0.25) is 5.89 Å². The normalized spacial score (nSPS) is 21.9. The fraction of sp³-hybridized carbons (Fsp3) is 0.833. The Morgan fingerprint density at radius 2 is 2.35 bits per heavy atom. The van der Waals surface area contributed by atoms with E-state index in [0.29, 0.717) is 18.5 Å². The molecule has 1 unspecified atom stereocenters. The standard InChI is InChI=1S/C12H22N4O/c1-2-5-10-6-3-4-7-16(10)9-11-14-12(8-13)17-15-11/h10H,2-9,13H2,1H3. The number of aromatic nitrogens is 2. The zero-order valence-electron chi connectivity index (χ0n) is 10.6. The van der Waals surface area contributed by atoms with E-state index in [1.165, 1.54) is 32.1 Å². The summed E-state index contributed by atoms with van der Waals surface area (Å²) in [6.45, 7) is 4.52. The van der Waals surface area contributed by atoms with Gasteiger partial charge in [-0.2, -0.15) is 4.98 Å². The molecule has 0 bridgehead atoms. The van der Waals surface area contributed by atoms with Crippen molar-refractivity contribution >= 4 is 0 Å². The third-order valence-corrected chi connectivity index (χ3v) is 3.40. The van der Waals surface area contributed by atoms with Crippen LogP contribution in [0.4, 0.5) is 0 Å². The highest BCUT2D eigenvalue weighted by atomic mass is 16.5. The van der Waals surface area contributed by atoms with Crippen molar-refractivity contribution in [2.24, 2.45) is 5.73 Å². The SMILES string of the molecule is CCCC1CCCCN1Cc1noc(CN)n1. The molecule has 96 valence electrons. The molecule has 17 heavy (non-hydrogen) atoms. The maximum atomic E-state index is 5.46. The third-order valence-electron chi connectivity index (χ3n) is 3.40. The number of nitrogens with two attached hydrogens (primary N) is 1. The van der Waals surface area contributed by atoms with Gasteiger partial charge in [-0.25, -0.2) is 0 Å². The highest BCUT2D eigenvalue weighted by Crippen LogP contribution is 2.22. The van der Waals surface area contributed by atoms with Crippen LogP contribution in [0.2, 0.25) is 0 Å². The second-order valence-electron chi connectivity index (χ2n) is 4.72. The number of piperidine rings is 1. The van der Waals surface area contributed by atoms with Gasteiger partial charge in [-0.3, -0.25) is 4.90 Å². The molecule has 5 heteroatoms. The minimum atomic E-state index is 0.325. The van der Waals surface area contributed by atoms with Crippen molar-refractivity contribution in [2.45, 2.75) is 58.2 Å². The molecule has 1 aliphatic heterocycles. The predicted octanol–water partition coefficient (Wildman–Crippen LogP) is 1.68. The van der Waals surface area contributed by atoms with E-state index in [2.05, 4.69) is 22.0 Å². The second kappa shape index (κ2) is 6.12. The second-order valence-corrected chi connectivity index (χ2v) is 4.72. The third kappa shape index (κ3) is 3.26.